The Balaban J connectivity index is 1.76. The van der Waals surface area contributed by atoms with Crippen LogP contribution >= 0.6 is 0 Å². The highest BCUT2D eigenvalue weighted by Crippen LogP contribution is 2.35. The molecule has 0 spiro atoms. The van der Waals surface area contributed by atoms with E-state index in [0.717, 1.165) is 19.3 Å². The maximum atomic E-state index is 12.0. The Hall–Kier alpha value is -1.35. The summed E-state index contributed by atoms with van der Waals surface area (Å²) in [5, 5.41) is 12.7. The second kappa shape index (κ2) is 7.60. The van der Waals surface area contributed by atoms with Gasteiger partial charge in [-0.25, -0.2) is 0 Å². The van der Waals surface area contributed by atoms with E-state index < -0.39 is 0 Å². The smallest absolute Gasteiger partial charge is 0.220 e. The molecule has 116 valence electrons. The Bertz CT molecular complexity index is 464. The fraction of sp³-hybridized carbons (Fsp3) is 0.611. The number of aliphatic hydroxyl groups is 1. The summed E-state index contributed by atoms with van der Waals surface area (Å²) >= 11 is 0. The van der Waals surface area contributed by atoms with Crippen LogP contribution in [0.25, 0.3) is 0 Å². The van der Waals surface area contributed by atoms with Crippen molar-refractivity contribution in [2.24, 2.45) is 5.41 Å². The summed E-state index contributed by atoms with van der Waals surface area (Å²) in [7, 11) is 0. The van der Waals surface area contributed by atoms with Crippen LogP contribution in [0.5, 0.6) is 0 Å². The second-order valence-corrected chi connectivity index (χ2v) is 6.48. The number of rotatable bonds is 6. The van der Waals surface area contributed by atoms with E-state index in [4.69, 9.17) is 0 Å². The molecule has 1 fully saturated rings. The molecule has 0 unspecified atom stereocenters. The molecule has 2 rings (SSSR count). The number of aliphatic hydroxyl groups excluding tert-OH is 1. The normalized spacial score (nSPS) is 17.4. The van der Waals surface area contributed by atoms with Crippen molar-refractivity contribution in [1.82, 2.24) is 5.32 Å². The van der Waals surface area contributed by atoms with Gasteiger partial charge in [0.05, 0.1) is 6.61 Å². The minimum atomic E-state index is -0.0722. The Morgan fingerprint density at radius 1 is 1.29 bits per heavy atom. The highest BCUT2D eigenvalue weighted by atomic mass is 16.3. The predicted molar refractivity (Wildman–Crippen MR) is 85.1 cm³/mol. The third-order valence-electron chi connectivity index (χ3n) is 4.63. The number of carbonyl (C=O) groups excluding carboxylic acids is 1. The lowest BCUT2D eigenvalue weighted by Crippen LogP contribution is -2.41. The van der Waals surface area contributed by atoms with E-state index in [2.05, 4.69) is 30.4 Å². The lowest BCUT2D eigenvalue weighted by molar-refractivity contribution is -0.121. The lowest BCUT2D eigenvalue weighted by Gasteiger charge is -2.35. The second-order valence-electron chi connectivity index (χ2n) is 6.48. The SMILES string of the molecule is Cc1cccc(CCC(=O)NCC2(CO)CCCCC2)c1. The molecule has 1 aromatic carbocycles. The first-order valence-electron chi connectivity index (χ1n) is 8.07. The molecular formula is C18H27NO2. The number of hydrogen-bond donors (Lipinski definition) is 2. The van der Waals surface area contributed by atoms with Crippen molar-refractivity contribution >= 4 is 5.91 Å². The molecule has 3 heteroatoms. The van der Waals surface area contributed by atoms with Crippen molar-refractivity contribution in [3.63, 3.8) is 0 Å². The third-order valence-corrected chi connectivity index (χ3v) is 4.63. The first kappa shape index (κ1) is 16.0. The Labute approximate surface area is 127 Å². The van der Waals surface area contributed by atoms with E-state index in [9.17, 15) is 9.90 Å². The van der Waals surface area contributed by atoms with E-state index in [0.29, 0.717) is 13.0 Å². The highest BCUT2D eigenvalue weighted by molar-refractivity contribution is 5.76. The Kier molecular flexibility index (Phi) is 5.80. The number of hydrogen-bond acceptors (Lipinski definition) is 2. The minimum Gasteiger partial charge on any atom is -0.396 e. The number of carbonyl (C=O) groups is 1. The van der Waals surface area contributed by atoms with Gasteiger partial charge in [-0.2, -0.15) is 0 Å². The van der Waals surface area contributed by atoms with Crippen molar-refractivity contribution in [3.05, 3.63) is 35.4 Å². The number of benzene rings is 1. The predicted octanol–water partition coefficient (Wildman–Crippen LogP) is 2.99. The number of amides is 1. The summed E-state index contributed by atoms with van der Waals surface area (Å²) < 4.78 is 0. The summed E-state index contributed by atoms with van der Waals surface area (Å²) in [4.78, 5) is 12.0. The highest BCUT2D eigenvalue weighted by Gasteiger charge is 2.31. The number of aryl methyl sites for hydroxylation is 2. The van der Waals surface area contributed by atoms with Gasteiger partial charge in [-0.15, -0.1) is 0 Å². The van der Waals surface area contributed by atoms with Crippen molar-refractivity contribution in [1.29, 1.82) is 0 Å². The summed E-state index contributed by atoms with van der Waals surface area (Å²) in [5.41, 5.74) is 2.37. The molecule has 1 saturated carbocycles. The topological polar surface area (TPSA) is 49.3 Å². The molecule has 0 bridgehead atoms. The summed E-state index contributed by atoms with van der Waals surface area (Å²) in [6, 6.07) is 8.29. The standard InChI is InChI=1S/C18H27NO2/c1-15-6-5-7-16(12-15)8-9-17(21)19-13-18(14-20)10-3-2-4-11-18/h5-7,12,20H,2-4,8-11,13-14H2,1H3,(H,19,21). The zero-order valence-electron chi connectivity index (χ0n) is 13.0. The van der Waals surface area contributed by atoms with Gasteiger partial charge in [0.2, 0.25) is 5.91 Å². The molecule has 1 aliphatic rings. The van der Waals surface area contributed by atoms with Crippen LogP contribution in [0, 0.1) is 12.3 Å². The van der Waals surface area contributed by atoms with E-state index >= 15 is 0 Å². The molecule has 1 amide bonds. The average molecular weight is 289 g/mol. The lowest BCUT2D eigenvalue weighted by atomic mass is 9.74. The maximum Gasteiger partial charge on any atom is 0.220 e. The molecule has 0 atom stereocenters. The van der Waals surface area contributed by atoms with E-state index in [-0.39, 0.29) is 17.9 Å². The molecule has 3 nitrogen and oxygen atoms in total. The summed E-state index contributed by atoms with van der Waals surface area (Å²) in [6.07, 6.45) is 6.94. The Morgan fingerprint density at radius 2 is 2.05 bits per heavy atom. The first-order chi connectivity index (χ1) is 10.1. The van der Waals surface area contributed by atoms with Gasteiger partial charge in [0.1, 0.15) is 0 Å². The monoisotopic (exact) mass is 289 g/mol. The quantitative estimate of drug-likeness (QED) is 0.846. The van der Waals surface area contributed by atoms with Gasteiger partial charge in [-0.3, -0.25) is 4.79 Å². The summed E-state index contributed by atoms with van der Waals surface area (Å²) in [6.45, 7) is 2.87. The molecule has 2 N–H and O–H groups in total. The molecule has 1 aromatic rings. The molecule has 0 radical (unpaired) electrons. The average Bonchev–Trinajstić information content (AvgIpc) is 2.52. The molecular weight excluding hydrogens is 262 g/mol. The first-order valence-corrected chi connectivity index (χ1v) is 8.07. The van der Waals surface area contributed by atoms with E-state index in [1.807, 2.05) is 6.07 Å². The van der Waals surface area contributed by atoms with Crippen molar-refractivity contribution in [2.45, 2.75) is 51.9 Å². The summed E-state index contributed by atoms with van der Waals surface area (Å²) in [5.74, 6) is 0.0925. The van der Waals surface area contributed by atoms with Crippen LogP contribution in [0.1, 0.15) is 49.7 Å². The molecule has 0 aliphatic heterocycles. The third kappa shape index (κ3) is 4.85. The molecule has 0 aromatic heterocycles. The van der Waals surface area contributed by atoms with Gasteiger partial charge in [0.15, 0.2) is 0 Å². The van der Waals surface area contributed by atoms with Crippen LogP contribution in [-0.4, -0.2) is 24.2 Å². The van der Waals surface area contributed by atoms with Gasteiger partial charge in [0.25, 0.3) is 0 Å². The van der Waals surface area contributed by atoms with Crippen LogP contribution in [-0.2, 0) is 11.2 Å². The van der Waals surface area contributed by atoms with Crippen LogP contribution in [0.3, 0.4) is 0 Å². The van der Waals surface area contributed by atoms with Gasteiger partial charge >= 0.3 is 0 Å². The molecule has 21 heavy (non-hydrogen) atoms. The van der Waals surface area contributed by atoms with E-state index in [1.54, 1.807) is 0 Å². The number of nitrogens with one attached hydrogen (secondary N) is 1. The largest absolute Gasteiger partial charge is 0.396 e. The van der Waals surface area contributed by atoms with Crippen molar-refractivity contribution in [2.75, 3.05) is 13.2 Å². The van der Waals surface area contributed by atoms with Gasteiger partial charge in [-0.1, -0.05) is 49.1 Å². The minimum absolute atomic E-state index is 0.0722. The zero-order valence-corrected chi connectivity index (χ0v) is 13.0. The maximum absolute atomic E-state index is 12.0. The van der Waals surface area contributed by atoms with Crippen molar-refractivity contribution < 1.29 is 9.90 Å². The van der Waals surface area contributed by atoms with Crippen LogP contribution in [0.4, 0.5) is 0 Å². The van der Waals surface area contributed by atoms with Crippen molar-refractivity contribution in [3.8, 4) is 0 Å². The molecule has 0 saturated heterocycles. The van der Waals surface area contributed by atoms with Crippen LogP contribution in [0.2, 0.25) is 0 Å². The van der Waals surface area contributed by atoms with Gasteiger partial charge in [0, 0.05) is 18.4 Å². The molecule has 1 aliphatic carbocycles. The fourth-order valence-electron chi connectivity index (χ4n) is 3.19. The van der Waals surface area contributed by atoms with Crippen LogP contribution < -0.4 is 5.32 Å². The van der Waals surface area contributed by atoms with Crippen LogP contribution in [0.15, 0.2) is 24.3 Å². The van der Waals surface area contributed by atoms with Gasteiger partial charge < -0.3 is 10.4 Å². The Morgan fingerprint density at radius 3 is 2.71 bits per heavy atom. The fourth-order valence-corrected chi connectivity index (χ4v) is 3.19. The van der Waals surface area contributed by atoms with E-state index in [1.165, 1.54) is 30.4 Å². The zero-order chi connectivity index (χ0) is 15.1. The molecule has 0 heterocycles. The van der Waals surface area contributed by atoms with Gasteiger partial charge in [-0.05, 0) is 31.7 Å².